The van der Waals surface area contributed by atoms with Crippen LogP contribution in [0.5, 0.6) is 0 Å². The van der Waals surface area contributed by atoms with Crippen LogP contribution in [0.1, 0.15) is 42.2 Å². The molecular formula is C14H19NO3. The summed E-state index contributed by atoms with van der Waals surface area (Å²) in [5.74, 6) is 0.152. The van der Waals surface area contributed by atoms with Crippen LogP contribution in [0.2, 0.25) is 0 Å². The van der Waals surface area contributed by atoms with Gasteiger partial charge >= 0.3 is 0 Å². The lowest BCUT2D eigenvalue weighted by Crippen LogP contribution is -2.29. The van der Waals surface area contributed by atoms with E-state index in [1.54, 1.807) is 10.6 Å². The van der Waals surface area contributed by atoms with E-state index >= 15 is 0 Å². The molecule has 0 saturated heterocycles. The Bertz CT molecular complexity index is 490. The van der Waals surface area contributed by atoms with Crippen LogP contribution in [0, 0.1) is 0 Å². The van der Waals surface area contributed by atoms with Crippen LogP contribution in [0.4, 0.5) is 0 Å². The fraction of sp³-hybridized carbons (Fsp3) is 0.571. The molecule has 4 nitrogen and oxygen atoms in total. The molecule has 0 fully saturated rings. The highest BCUT2D eigenvalue weighted by Gasteiger charge is 2.20. The summed E-state index contributed by atoms with van der Waals surface area (Å²) >= 11 is 0. The highest BCUT2D eigenvalue weighted by atomic mass is 16.5. The van der Waals surface area contributed by atoms with E-state index in [-0.39, 0.29) is 11.3 Å². The van der Waals surface area contributed by atoms with E-state index in [1.165, 1.54) is 6.07 Å². The Kier molecular flexibility index (Phi) is 4.31. The molecule has 0 unspecified atom stereocenters. The highest BCUT2D eigenvalue weighted by Crippen LogP contribution is 2.19. The smallest absolute Gasteiger partial charge is 0.250 e. The van der Waals surface area contributed by atoms with Gasteiger partial charge in [-0.2, -0.15) is 0 Å². The van der Waals surface area contributed by atoms with Gasteiger partial charge in [0.25, 0.3) is 5.56 Å². The Hall–Kier alpha value is -1.42. The van der Waals surface area contributed by atoms with E-state index in [0.29, 0.717) is 26.2 Å². The number of carbonyl (C=O) groups excluding carboxylic acids is 1. The summed E-state index contributed by atoms with van der Waals surface area (Å²) in [6, 6.07) is 3.16. The zero-order chi connectivity index (χ0) is 13.0. The number of nitrogens with zero attached hydrogens (tertiary/aromatic N) is 1. The molecule has 0 spiro atoms. The lowest BCUT2D eigenvalue weighted by Gasteiger charge is -2.19. The Labute approximate surface area is 107 Å². The second-order valence-electron chi connectivity index (χ2n) is 4.57. The third-order valence-corrected chi connectivity index (χ3v) is 3.22. The van der Waals surface area contributed by atoms with Crippen molar-refractivity contribution in [3.63, 3.8) is 0 Å². The van der Waals surface area contributed by atoms with Gasteiger partial charge < -0.3 is 9.30 Å². The maximum atomic E-state index is 11.9. The largest absolute Gasteiger partial charge is 0.380 e. The van der Waals surface area contributed by atoms with E-state index < -0.39 is 0 Å². The van der Waals surface area contributed by atoms with Crippen molar-refractivity contribution in [2.75, 3.05) is 13.2 Å². The molecule has 0 aromatic carbocycles. The number of ether oxygens (including phenoxy) is 1. The number of rotatable bonds is 5. The molecule has 0 bridgehead atoms. The van der Waals surface area contributed by atoms with Crippen LogP contribution in [0.15, 0.2) is 16.9 Å². The fourth-order valence-electron chi connectivity index (χ4n) is 2.34. The molecule has 0 saturated carbocycles. The molecular weight excluding hydrogens is 230 g/mol. The first-order chi connectivity index (χ1) is 8.74. The molecule has 0 amide bonds. The molecule has 98 valence electrons. The highest BCUT2D eigenvalue weighted by molar-refractivity contribution is 5.97. The van der Waals surface area contributed by atoms with Crippen molar-refractivity contribution in [2.45, 2.75) is 39.2 Å². The van der Waals surface area contributed by atoms with Crippen LogP contribution < -0.4 is 5.56 Å². The van der Waals surface area contributed by atoms with Crippen LogP contribution in [0.25, 0.3) is 0 Å². The number of hydrogen-bond acceptors (Lipinski definition) is 3. The molecule has 0 radical (unpaired) electrons. The van der Waals surface area contributed by atoms with Gasteiger partial charge in [0.2, 0.25) is 0 Å². The van der Waals surface area contributed by atoms with Gasteiger partial charge in [0.05, 0.1) is 6.61 Å². The molecule has 1 aliphatic rings. The number of aromatic nitrogens is 1. The van der Waals surface area contributed by atoms with Gasteiger partial charge in [0.15, 0.2) is 5.78 Å². The van der Waals surface area contributed by atoms with Gasteiger partial charge in [-0.3, -0.25) is 9.59 Å². The molecule has 1 aromatic heterocycles. The average molecular weight is 249 g/mol. The molecule has 1 aliphatic carbocycles. The normalized spacial score (nSPS) is 14.6. The van der Waals surface area contributed by atoms with Crippen molar-refractivity contribution < 1.29 is 9.53 Å². The van der Waals surface area contributed by atoms with Gasteiger partial charge in [-0.1, -0.05) is 6.92 Å². The first-order valence-corrected chi connectivity index (χ1v) is 6.57. The Morgan fingerprint density at radius 3 is 2.83 bits per heavy atom. The molecule has 1 heterocycles. The predicted octanol–water partition coefficient (Wildman–Crippen LogP) is 1.79. The van der Waals surface area contributed by atoms with E-state index in [9.17, 15) is 9.59 Å². The van der Waals surface area contributed by atoms with Crippen molar-refractivity contribution in [1.29, 1.82) is 0 Å². The van der Waals surface area contributed by atoms with Crippen LogP contribution >= 0.6 is 0 Å². The van der Waals surface area contributed by atoms with Crippen molar-refractivity contribution in [3.8, 4) is 0 Å². The standard InChI is InChI=1S/C14H19NO3/c1-2-9-18-10-8-15-12-4-3-5-13(16)11(12)6-7-14(15)17/h6-7H,2-5,8-10H2,1H3. The maximum absolute atomic E-state index is 11.9. The minimum Gasteiger partial charge on any atom is -0.380 e. The van der Waals surface area contributed by atoms with Crippen molar-refractivity contribution in [2.24, 2.45) is 0 Å². The number of ketones is 1. The first-order valence-electron chi connectivity index (χ1n) is 6.57. The summed E-state index contributed by atoms with van der Waals surface area (Å²) in [5, 5.41) is 0. The Morgan fingerprint density at radius 1 is 1.22 bits per heavy atom. The molecule has 18 heavy (non-hydrogen) atoms. The quantitative estimate of drug-likeness (QED) is 0.747. The summed E-state index contributed by atoms with van der Waals surface area (Å²) < 4.78 is 7.11. The summed E-state index contributed by atoms with van der Waals surface area (Å²) in [6.45, 7) is 3.83. The molecule has 2 rings (SSSR count). The number of fused-ring (bicyclic) bond motifs is 1. The number of carbonyl (C=O) groups is 1. The van der Waals surface area contributed by atoms with Gasteiger partial charge in [0.1, 0.15) is 0 Å². The molecule has 0 N–H and O–H groups in total. The fourth-order valence-corrected chi connectivity index (χ4v) is 2.34. The zero-order valence-corrected chi connectivity index (χ0v) is 10.8. The lowest BCUT2D eigenvalue weighted by molar-refractivity contribution is 0.0967. The van der Waals surface area contributed by atoms with E-state index in [2.05, 4.69) is 6.92 Å². The Balaban J connectivity index is 2.20. The molecule has 1 aromatic rings. The molecule has 0 atom stereocenters. The van der Waals surface area contributed by atoms with E-state index in [0.717, 1.165) is 30.5 Å². The van der Waals surface area contributed by atoms with Gasteiger partial charge in [-0.15, -0.1) is 0 Å². The van der Waals surface area contributed by atoms with E-state index in [1.807, 2.05) is 0 Å². The predicted molar refractivity (Wildman–Crippen MR) is 69.1 cm³/mol. The second-order valence-corrected chi connectivity index (χ2v) is 4.57. The summed E-state index contributed by atoms with van der Waals surface area (Å²) in [6.07, 6.45) is 3.22. The van der Waals surface area contributed by atoms with Crippen LogP contribution in [-0.4, -0.2) is 23.6 Å². The SMILES string of the molecule is CCCOCCn1c2c(ccc1=O)C(=O)CCC2. The second kappa shape index (κ2) is 5.96. The van der Waals surface area contributed by atoms with Gasteiger partial charge in [0, 0.05) is 36.9 Å². The van der Waals surface area contributed by atoms with Crippen molar-refractivity contribution >= 4 is 5.78 Å². The van der Waals surface area contributed by atoms with Crippen LogP contribution in [-0.2, 0) is 17.7 Å². The topological polar surface area (TPSA) is 48.3 Å². The minimum atomic E-state index is -0.0384. The monoisotopic (exact) mass is 249 g/mol. The zero-order valence-electron chi connectivity index (χ0n) is 10.8. The summed E-state index contributed by atoms with van der Waals surface area (Å²) in [5.41, 5.74) is 1.57. The maximum Gasteiger partial charge on any atom is 0.250 e. The van der Waals surface area contributed by atoms with Crippen LogP contribution in [0.3, 0.4) is 0 Å². The van der Waals surface area contributed by atoms with E-state index in [4.69, 9.17) is 4.74 Å². The average Bonchev–Trinajstić information content (AvgIpc) is 2.37. The van der Waals surface area contributed by atoms with Crippen molar-refractivity contribution in [1.82, 2.24) is 4.57 Å². The third-order valence-electron chi connectivity index (χ3n) is 3.22. The summed E-state index contributed by atoms with van der Waals surface area (Å²) in [4.78, 5) is 23.6. The van der Waals surface area contributed by atoms with Gasteiger partial charge in [-0.05, 0) is 25.3 Å². The Morgan fingerprint density at radius 2 is 2.06 bits per heavy atom. The number of hydrogen-bond donors (Lipinski definition) is 0. The van der Waals surface area contributed by atoms with Gasteiger partial charge in [-0.25, -0.2) is 0 Å². The molecule has 4 heteroatoms. The first kappa shape index (κ1) is 13.0. The number of pyridine rings is 1. The number of Topliss-reactive ketones (excluding diaryl/α,β-unsaturated/α-hetero) is 1. The molecule has 0 aliphatic heterocycles. The minimum absolute atomic E-state index is 0.0384. The third kappa shape index (κ3) is 2.70. The summed E-state index contributed by atoms with van der Waals surface area (Å²) in [7, 11) is 0. The lowest BCUT2D eigenvalue weighted by atomic mass is 9.94. The van der Waals surface area contributed by atoms with Crippen molar-refractivity contribution in [3.05, 3.63) is 33.7 Å².